The number of carbonyl (C=O) groups excluding carboxylic acids is 2. The molecule has 0 saturated carbocycles. The molecule has 0 aliphatic carbocycles. The number of hydrogen-bond donors (Lipinski definition) is 3. The van der Waals surface area contributed by atoms with Gasteiger partial charge in [-0.25, -0.2) is 4.98 Å². The molecule has 3 aromatic rings. The molecule has 0 radical (unpaired) electrons. The average Bonchev–Trinajstić information content (AvgIpc) is 3.02. The van der Waals surface area contributed by atoms with Gasteiger partial charge in [0.25, 0.3) is 5.91 Å². The summed E-state index contributed by atoms with van der Waals surface area (Å²) < 4.78 is 0. The van der Waals surface area contributed by atoms with Crippen molar-refractivity contribution in [3.05, 3.63) is 59.9 Å². The van der Waals surface area contributed by atoms with E-state index in [1.54, 1.807) is 30.6 Å². The maximum absolute atomic E-state index is 12.2. The van der Waals surface area contributed by atoms with E-state index in [2.05, 4.69) is 20.6 Å². The van der Waals surface area contributed by atoms with Crippen LogP contribution in [-0.4, -0.2) is 28.3 Å². The largest absolute Gasteiger partial charge is 0.352 e. The number of hydrogen-bond acceptors (Lipinski definition) is 3. The molecule has 6 heteroatoms. The highest BCUT2D eigenvalue weighted by Gasteiger charge is 2.07. The molecule has 122 valence electrons. The van der Waals surface area contributed by atoms with Crippen LogP contribution in [0.1, 0.15) is 22.8 Å². The zero-order valence-corrected chi connectivity index (χ0v) is 13.3. The number of amides is 2. The van der Waals surface area contributed by atoms with Crippen molar-refractivity contribution in [2.75, 3.05) is 11.9 Å². The Morgan fingerprint density at radius 2 is 2.04 bits per heavy atom. The second-order valence-corrected chi connectivity index (χ2v) is 5.52. The summed E-state index contributed by atoms with van der Waals surface area (Å²) in [6.07, 6.45) is 2.39. The highest BCUT2D eigenvalue weighted by atomic mass is 16.2. The summed E-state index contributed by atoms with van der Waals surface area (Å²) in [7, 11) is 0. The summed E-state index contributed by atoms with van der Waals surface area (Å²) in [5.74, 6) is -0.327. The molecule has 1 aromatic heterocycles. The molecule has 0 bridgehead atoms. The SMILES string of the molecule is CC(=O)Nc1cccc(C(=O)NCCc2ccc3nc[nH]c3c2)c1. The van der Waals surface area contributed by atoms with Gasteiger partial charge in [-0.15, -0.1) is 0 Å². The number of imidazole rings is 1. The Hall–Kier alpha value is -3.15. The lowest BCUT2D eigenvalue weighted by molar-refractivity contribution is -0.114. The van der Waals surface area contributed by atoms with E-state index >= 15 is 0 Å². The van der Waals surface area contributed by atoms with Crippen LogP contribution in [0.4, 0.5) is 5.69 Å². The predicted molar refractivity (Wildman–Crippen MR) is 92.9 cm³/mol. The van der Waals surface area contributed by atoms with Gasteiger partial charge in [0.2, 0.25) is 5.91 Å². The standard InChI is InChI=1S/C18H18N4O2/c1-12(23)22-15-4-2-3-14(10-15)18(24)19-8-7-13-5-6-16-17(9-13)21-11-20-16/h2-6,9-11H,7-8H2,1H3,(H,19,24)(H,20,21)(H,22,23). The molecular formula is C18H18N4O2. The Kier molecular flexibility index (Phi) is 4.56. The van der Waals surface area contributed by atoms with Crippen molar-refractivity contribution in [3.63, 3.8) is 0 Å². The lowest BCUT2D eigenvalue weighted by atomic mass is 10.1. The number of anilines is 1. The maximum atomic E-state index is 12.2. The molecule has 2 amide bonds. The molecule has 0 aliphatic heterocycles. The first-order valence-corrected chi connectivity index (χ1v) is 7.70. The summed E-state index contributed by atoms with van der Waals surface area (Å²) in [6, 6.07) is 12.9. The molecule has 3 N–H and O–H groups in total. The second kappa shape index (κ2) is 6.95. The summed E-state index contributed by atoms with van der Waals surface area (Å²) >= 11 is 0. The van der Waals surface area contributed by atoms with Gasteiger partial charge in [0.05, 0.1) is 17.4 Å². The number of rotatable bonds is 5. The quantitative estimate of drug-likeness (QED) is 0.674. The summed E-state index contributed by atoms with van der Waals surface area (Å²) in [6.45, 7) is 1.96. The number of fused-ring (bicyclic) bond motifs is 1. The summed E-state index contributed by atoms with van der Waals surface area (Å²) in [5, 5.41) is 5.56. The van der Waals surface area contributed by atoms with Gasteiger partial charge in [-0.1, -0.05) is 12.1 Å². The zero-order chi connectivity index (χ0) is 16.9. The van der Waals surface area contributed by atoms with Crippen molar-refractivity contribution in [2.45, 2.75) is 13.3 Å². The average molecular weight is 322 g/mol. The maximum Gasteiger partial charge on any atom is 0.251 e. The van der Waals surface area contributed by atoms with E-state index in [0.29, 0.717) is 17.8 Å². The van der Waals surface area contributed by atoms with Crippen LogP contribution in [0.15, 0.2) is 48.8 Å². The fraction of sp³-hybridized carbons (Fsp3) is 0.167. The van der Waals surface area contributed by atoms with Gasteiger partial charge in [-0.2, -0.15) is 0 Å². The highest BCUT2D eigenvalue weighted by Crippen LogP contribution is 2.12. The number of aromatic amines is 1. The topological polar surface area (TPSA) is 86.9 Å². The summed E-state index contributed by atoms with van der Waals surface area (Å²) in [4.78, 5) is 30.5. The van der Waals surface area contributed by atoms with E-state index in [9.17, 15) is 9.59 Å². The third-order valence-corrected chi connectivity index (χ3v) is 3.63. The molecule has 2 aromatic carbocycles. The third kappa shape index (κ3) is 3.78. The monoisotopic (exact) mass is 322 g/mol. The van der Waals surface area contributed by atoms with Crippen molar-refractivity contribution < 1.29 is 9.59 Å². The van der Waals surface area contributed by atoms with Crippen LogP contribution in [0.2, 0.25) is 0 Å². The molecule has 0 saturated heterocycles. The second-order valence-electron chi connectivity index (χ2n) is 5.52. The lowest BCUT2D eigenvalue weighted by Gasteiger charge is -2.07. The van der Waals surface area contributed by atoms with Gasteiger partial charge in [0.15, 0.2) is 0 Å². The molecule has 0 aliphatic rings. The number of aromatic nitrogens is 2. The van der Waals surface area contributed by atoms with Gasteiger partial charge in [0, 0.05) is 24.7 Å². The van der Waals surface area contributed by atoms with Crippen LogP contribution in [0.3, 0.4) is 0 Å². The lowest BCUT2D eigenvalue weighted by Crippen LogP contribution is -2.25. The number of carbonyl (C=O) groups is 2. The fourth-order valence-electron chi connectivity index (χ4n) is 2.50. The number of H-pyrrole nitrogens is 1. The van der Waals surface area contributed by atoms with E-state index in [1.165, 1.54) is 6.92 Å². The smallest absolute Gasteiger partial charge is 0.251 e. The first-order valence-electron chi connectivity index (χ1n) is 7.70. The van der Waals surface area contributed by atoms with Gasteiger partial charge in [-0.05, 0) is 42.3 Å². The van der Waals surface area contributed by atoms with Crippen LogP contribution in [0.5, 0.6) is 0 Å². The Morgan fingerprint density at radius 1 is 1.17 bits per heavy atom. The van der Waals surface area contributed by atoms with Crippen molar-refractivity contribution in [1.82, 2.24) is 15.3 Å². The zero-order valence-electron chi connectivity index (χ0n) is 13.3. The molecule has 3 rings (SSSR count). The van der Waals surface area contributed by atoms with Crippen molar-refractivity contribution in [2.24, 2.45) is 0 Å². The molecule has 0 spiro atoms. The van der Waals surface area contributed by atoms with Crippen molar-refractivity contribution in [3.8, 4) is 0 Å². The van der Waals surface area contributed by atoms with E-state index < -0.39 is 0 Å². The number of nitrogens with one attached hydrogen (secondary N) is 3. The van der Waals surface area contributed by atoms with E-state index in [1.807, 2.05) is 18.2 Å². The number of nitrogens with zero attached hydrogens (tertiary/aromatic N) is 1. The molecule has 1 heterocycles. The van der Waals surface area contributed by atoms with E-state index in [4.69, 9.17) is 0 Å². The summed E-state index contributed by atoms with van der Waals surface area (Å²) in [5.41, 5.74) is 4.17. The van der Waals surface area contributed by atoms with Crippen LogP contribution in [0.25, 0.3) is 11.0 Å². The van der Waals surface area contributed by atoms with E-state index in [0.717, 1.165) is 23.0 Å². The third-order valence-electron chi connectivity index (χ3n) is 3.63. The molecule has 0 unspecified atom stereocenters. The minimum Gasteiger partial charge on any atom is -0.352 e. The van der Waals surface area contributed by atoms with E-state index in [-0.39, 0.29) is 11.8 Å². The predicted octanol–water partition coefficient (Wildman–Crippen LogP) is 2.49. The Bertz CT molecular complexity index is 885. The molecule has 24 heavy (non-hydrogen) atoms. The van der Waals surface area contributed by atoms with Gasteiger partial charge < -0.3 is 15.6 Å². The van der Waals surface area contributed by atoms with Crippen LogP contribution >= 0.6 is 0 Å². The first kappa shape index (κ1) is 15.7. The van der Waals surface area contributed by atoms with Gasteiger partial charge >= 0.3 is 0 Å². The molecule has 6 nitrogen and oxygen atoms in total. The minimum absolute atomic E-state index is 0.162. The Labute approximate surface area is 139 Å². The molecular weight excluding hydrogens is 304 g/mol. The first-order chi connectivity index (χ1) is 11.6. The number of benzene rings is 2. The Morgan fingerprint density at radius 3 is 2.88 bits per heavy atom. The Balaban J connectivity index is 1.58. The van der Waals surface area contributed by atoms with Crippen LogP contribution in [-0.2, 0) is 11.2 Å². The minimum atomic E-state index is -0.165. The normalized spacial score (nSPS) is 10.5. The highest BCUT2D eigenvalue weighted by molar-refractivity contribution is 5.96. The fourth-order valence-corrected chi connectivity index (χ4v) is 2.50. The van der Waals surface area contributed by atoms with Crippen molar-refractivity contribution >= 4 is 28.5 Å². The van der Waals surface area contributed by atoms with Crippen molar-refractivity contribution in [1.29, 1.82) is 0 Å². The van der Waals surface area contributed by atoms with Crippen LogP contribution in [0, 0.1) is 0 Å². The van der Waals surface area contributed by atoms with Crippen LogP contribution < -0.4 is 10.6 Å². The molecule has 0 atom stereocenters. The molecule has 0 fully saturated rings. The van der Waals surface area contributed by atoms with Gasteiger partial charge in [0.1, 0.15) is 0 Å². The van der Waals surface area contributed by atoms with Gasteiger partial charge in [-0.3, -0.25) is 9.59 Å².